The number of carboxylic acid groups (broad SMARTS) is 1. The van der Waals surface area contributed by atoms with Gasteiger partial charge in [0.25, 0.3) is 0 Å². The third kappa shape index (κ3) is 5.50. The lowest BCUT2D eigenvalue weighted by Crippen LogP contribution is -2.58. The molecule has 0 aliphatic carbocycles. The predicted octanol–water partition coefficient (Wildman–Crippen LogP) is 2.56. The van der Waals surface area contributed by atoms with Crippen LogP contribution in [-0.2, 0) is 21.6 Å². The van der Waals surface area contributed by atoms with Crippen molar-refractivity contribution in [2.24, 2.45) is 0 Å². The molecule has 2 fully saturated rings. The van der Waals surface area contributed by atoms with E-state index in [4.69, 9.17) is 14.6 Å². The predicted molar refractivity (Wildman–Crippen MR) is 125 cm³/mol. The number of amides is 3. The van der Waals surface area contributed by atoms with Crippen LogP contribution in [0.3, 0.4) is 0 Å². The lowest BCUT2D eigenvalue weighted by atomic mass is 9.84. The van der Waals surface area contributed by atoms with Crippen molar-refractivity contribution in [2.45, 2.75) is 43.9 Å². The van der Waals surface area contributed by atoms with Crippen molar-refractivity contribution in [1.29, 1.82) is 0 Å². The van der Waals surface area contributed by atoms with E-state index in [1.165, 1.54) is 7.11 Å². The number of urea groups is 1. The van der Waals surface area contributed by atoms with Gasteiger partial charge in [0.2, 0.25) is 0 Å². The number of hydrogen-bond acceptors (Lipinski definition) is 7. The van der Waals surface area contributed by atoms with Gasteiger partial charge in [-0.05, 0) is 37.8 Å². The average Bonchev–Trinajstić information content (AvgIpc) is 3.60. The van der Waals surface area contributed by atoms with Crippen molar-refractivity contribution in [3.63, 3.8) is 0 Å². The molecular weight excluding hydrogens is 511 g/mol. The van der Waals surface area contributed by atoms with Gasteiger partial charge in [-0.25, -0.2) is 14.4 Å². The number of aromatic nitrogens is 4. The maximum atomic E-state index is 12.9. The number of piperidine rings is 1. The van der Waals surface area contributed by atoms with Crippen LogP contribution in [0.2, 0.25) is 0 Å². The minimum Gasteiger partial charge on any atom is -0.475 e. The highest BCUT2D eigenvalue weighted by Gasteiger charge is 2.47. The van der Waals surface area contributed by atoms with E-state index < -0.39 is 17.7 Å². The summed E-state index contributed by atoms with van der Waals surface area (Å²) in [7, 11) is 1.40. The number of carbonyl (C=O) groups excluding carboxylic acids is 2. The van der Waals surface area contributed by atoms with Crippen molar-refractivity contribution in [3.05, 3.63) is 30.4 Å². The molecule has 0 unspecified atom stereocenters. The van der Waals surface area contributed by atoms with Gasteiger partial charge in [0.05, 0.1) is 19.2 Å². The fraction of sp³-hybridized carbons (Fsp3) is 0.565. The maximum Gasteiger partial charge on any atom is 0.490 e. The zero-order chi connectivity index (χ0) is 27.5. The lowest BCUT2D eigenvalue weighted by molar-refractivity contribution is -0.192. The van der Waals surface area contributed by atoms with E-state index in [0.29, 0.717) is 26.2 Å². The first kappa shape index (κ1) is 27.1. The summed E-state index contributed by atoms with van der Waals surface area (Å²) >= 11 is 0. The summed E-state index contributed by atoms with van der Waals surface area (Å²) in [6.45, 7) is 3.80. The Labute approximate surface area is 216 Å². The molecule has 0 bridgehead atoms. The quantitative estimate of drug-likeness (QED) is 0.585. The van der Waals surface area contributed by atoms with Gasteiger partial charge >= 0.3 is 24.3 Å². The van der Waals surface area contributed by atoms with Gasteiger partial charge < -0.3 is 24.2 Å². The highest BCUT2D eigenvalue weighted by molar-refractivity contribution is 5.75. The second-order valence-corrected chi connectivity index (χ2v) is 9.33. The second-order valence-electron chi connectivity index (χ2n) is 9.33. The number of likely N-dealkylation sites (tertiary alicyclic amines) is 2. The molecule has 38 heavy (non-hydrogen) atoms. The third-order valence-electron chi connectivity index (χ3n) is 6.96. The molecule has 3 aliphatic heterocycles. The van der Waals surface area contributed by atoms with Crippen molar-refractivity contribution in [2.75, 3.05) is 39.8 Å². The van der Waals surface area contributed by atoms with Gasteiger partial charge in [-0.1, -0.05) is 0 Å². The first-order valence-electron chi connectivity index (χ1n) is 12.1. The van der Waals surface area contributed by atoms with E-state index in [9.17, 15) is 22.8 Å². The number of methoxy groups -OCH3 is 1. The monoisotopic (exact) mass is 539 g/mol. The molecule has 1 spiro atoms. The SMILES string of the molecule is COC(=O)N1Cc2nnc(-c3cccnc3)n2C2(CCN(C(=O)N3CCCC3)CC2)C1.O=C(O)C(F)(F)F. The average molecular weight is 540 g/mol. The normalized spacial score (nSPS) is 18.5. The van der Waals surface area contributed by atoms with Crippen LogP contribution in [0.5, 0.6) is 0 Å². The third-order valence-corrected chi connectivity index (χ3v) is 6.96. The number of pyridine rings is 1. The molecule has 2 saturated heterocycles. The number of aliphatic carboxylic acids is 1. The van der Waals surface area contributed by atoms with Crippen molar-refractivity contribution < 1.29 is 37.4 Å². The van der Waals surface area contributed by atoms with Gasteiger partial charge in [0.1, 0.15) is 0 Å². The fourth-order valence-corrected chi connectivity index (χ4v) is 5.11. The molecule has 12 nitrogen and oxygen atoms in total. The summed E-state index contributed by atoms with van der Waals surface area (Å²) in [6, 6.07) is 3.98. The molecule has 5 heterocycles. The number of nitrogens with zero attached hydrogens (tertiary/aromatic N) is 7. The largest absolute Gasteiger partial charge is 0.490 e. The van der Waals surface area contributed by atoms with E-state index in [-0.39, 0.29) is 12.1 Å². The summed E-state index contributed by atoms with van der Waals surface area (Å²) in [4.78, 5) is 44.0. The summed E-state index contributed by atoms with van der Waals surface area (Å²) in [5.74, 6) is -1.27. The summed E-state index contributed by atoms with van der Waals surface area (Å²) < 4.78 is 38.9. The van der Waals surface area contributed by atoms with Crippen LogP contribution in [0.25, 0.3) is 11.4 Å². The Morgan fingerprint density at radius 1 is 1.03 bits per heavy atom. The summed E-state index contributed by atoms with van der Waals surface area (Å²) in [5, 5.41) is 16.0. The van der Waals surface area contributed by atoms with Crippen molar-refractivity contribution in [3.8, 4) is 11.4 Å². The van der Waals surface area contributed by atoms with E-state index in [0.717, 1.165) is 56.0 Å². The first-order chi connectivity index (χ1) is 18.1. The zero-order valence-electron chi connectivity index (χ0n) is 20.7. The Morgan fingerprint density at radius 3 is 2.21 bits per heavy atom. The van der Waals surface area contributed by atoms with Crippen LogP contribution in [0.1, 0.15) is 31.5 Å². The number of rotatable bonds is 1. The van der Waals surface area contributed by atoms with Crippen LogP contribution in [0, 0.1) is 0 Å². The number of carbonyl (C=O) groups is 3. The number of halogens is 3. The number of ether oxygens (including phenoxy) is 1. The van der Waals surface area contributed by atoms with Gasteiger partial charge in [-0.2, -0.15) is 13.2 Å². The van der Waals surface area contributed by atoms with Crippen LogP contribution in [-0.4, -0.2) is 104 Å². The number of fused-ring (bicyclic) bond motifs is 2. The Hall–Kier alpha value is -3.91. The fourth-order valence-electron chi connectivity index (χ4n) is 5.11. The van der Waals surface area contributed by atoms with E-state index in [2.05, 4.69) is 19.7 Å². The molecule has 0 radical (unpaired) electrons. The van der Waals surface area contributed by atoms with Gasteiger partial charge in [0, 0.05) is 50.7 Å². The summed E-state index contributed by atoms with van der Waals surface area (Å²) in [5.41, 5.74) is 0.501. The van der Waals surface area contributed by atoms with E-state index in [1.54, 1.807) is 17.3 Å². The Balaban J connectivity index is 0.000000426. The van der Waals surface area contributed by atoms with E-state index in [1.807, 2.05) is 21.9 Å². The number of hydrogen-bond donors (Lipinski definition) is 1. The Bertz CT molecular complexity index is 1160. The highest BCUT2D eigenvalue weighted by atomic mass is 19.4. The molecule has 3 aliphatic rings. The molecule has 0 saturated carbocycles. The maximum absolute atomic E-state index is 12.9. The molecular formula is C23H28F3N7O5. The molecule has 1 N–H and O–H groups in total. The molecule has 15 heteroatoms. The minimum absolute atomic E-state index is 0.129. The van der Waals surface area contributed by atoms with Crippen molar-refractivity contribution in [1.82, 2.24) is 34.4 Å². The molecule has 0 atom stereocenters. The molecule has 0 aromatic carbocycles. The second kappa shape index (κ2) is 10.8. The van der Waals surface area contributed by atoms with Crippen LogP contribution in [0.4, 0.5) is 22.8 Å². The summed E-state index contributed by atoms with van der Waals surface area (Å²) in [6.07, 6.45) is 1.66. The molecule has 206 valence electrons. The molecule has 3 amide bonds. The highest BCUT2D eigenvalue weighted by Crippen LogP contribution is 2.39. The number of alkyl halides is 3. The molecule has 2 aromatic heterocycles. The van der Waals surface area contributed by atoms with Crippen LogP contribution < -0.4 is 0 Å². The van der Waals surface area contributed by atoms with Crippen LogP contribution >= 0.6 is 0 Å². The van der Waals surface area contributed by atoms with Crippen LogP contribution in [0.15, 0.2) is 24.5 Å². The van der Waals surface area contributed by atoms with Gasteiger partial charge in [0.15, 0.2) is 11.6 Å². The van der Waals surface area contributed by atoms with E-state index >= 15 is 0 Å². The Kier molecular flexibility index (Phi) is 7.73. The van der Waals surface area contributed by atoms with Crippen molar-refractivity contribution >= 4 is 18.1 Å². The zero-order valence-corrected chi connectivity index (χ0v) is 20.7. The number of carboxylic acids is 1. The topological polar surface area (TPSA) is 134 Å². The molecule has 2 aromatic rings. The minimum atomic E-state index is -5.08. The van der Waals surface area contributed by atoms with Gasteiger partial charge in [-0.3, -0.25) is 9.88 Å². The lowest BCUT2D eigenvalue weighted by Gasteiger charge is -2.48. The Morgan fingerprint density at radius 2 is 1.66 bits per heavy atom. The first-order valence-corrected chi connectivity index (χ1v) is 12.1. The smallest absolute Gasteiger partial charge is 0.475 e. The standard InChI is InChI=1S/C21H27N7O3.C2HF3O2/c1-31-20(30)27-14-17-23-24-18(16-5-4-8-22-13-16)28(17)21(15-27)6-11-26(12-7-21)19(29)25-9-2-3-10-25;3-2(4,5)1(6)7/h4-5,8,13H,2-3,6-7,9-12,14-15H2,1H3;(H,6,7). The van der Waals surface area contributed by atoms with Gasteiger partial charge in [-0.15, -0.1) is 10.2 Å². The molecule has 5 rings (SSSR count).